The Kier molecular flexibility index (Phi) is 7.91. The van der Waals surface area contributed by atoms with Gasteiger partial charge in [0, 0.05) is 11.4 Å². The fourth-order valence-electron chi connectivity index (χ4n) is 3.95. The van der Waals surface area contributed by atoms with Crippen LogP contribution in [0.25, 0.3) is 0 Å². The van der Waals surface area contributed by atoms with Gasteiger partial charge in [0.05, 0.1) is 11.3 Å². The van der Waals surface area contributed by atoms with Gasteiger partial charge in [-0.25, -0.2) is 0 Å². The third kappa shape index (κ3) is 5.62. The molecule has 1 aromatic carbocycles. The number of anilines is 1. The van der Waals surface area contributed by atoms with Crippen molar-refractivity contribution in [3.8, 4) is 11.8 Å². The second-order valence-corrected chi connectivity index (χ2v) is 10.7. The van der Waals surface area contributed by atoms with Gasteiger partial charge in [-0.05, 0) is 54.9 Å². The summed E-state index contributed by atoms with van der Waals surface area (Å²) in [4.78, 5) is 13.9. The maximum absolute atomic E-state index is 12.7. The Hall–Kier alpha value is -2.83. The Labute approximate surface area is 208 Å². The highest BCUT2D eigenvalue weighted by molar-refractivity contribution is 7.99. The number of hydrogen-bond donors (Lipinski definition) is 1. The average Bonchev–Trinajstić information content (AvgIpc) is 3.51. The van der Waals surface area contributed by atoms with E-state index < -0.39 is 0 Å². The van der Waals surface area contributed by atoms with Crippen LogP contribution in [-0.4, -0.2) is 26.4 Å². The number of amides is 1. The molecule has 2 heterocycles. The van der Waals surface area contributed by atoms with E-state index in [1.165, 1.54) is 33.5 Å². The number of thiophene rings is 1. The van der Waals surface area contributed by atoms with Crippen molar-refractivity contribution in [3.05, 3.63) is 51.7 Å². The highest BCUT2D eigenvalue weighted by atomic mass is 32.2. The summed E-state index contributed by atoms with van der Waals surface area (Å²) < 4.78 is 7.98. The van der Waals surface area contributed by atoms with Crippen molar-refractivity contribution in [1.29, 1.82) is 5.26 Å². The fraction of sp³-hybridized carbons (Fsp3) is 0.440. The van der Waals surface area contributed by atoms with Crippen LogP contribution in [0, 0.1) is 17.2 Å². The average molecular weight is 496 g/mol. The summed E-state index contributed by atoms with van der Waals surface area (Å²) in [5, 5.41) is 22.5. The molecule has 1 aliphatic carbocycles. The van der Waals surface area contributed by atoms with Crippen LogP contribution in [0.15, 0.2) is 29.4 Å². The van der Waals surface area contributed by atoms with Crippen LogP contribution in [-0.2, 0) is 37.2 Å². The van der Waals surface area contributed by atoms with Crippen LogP contribution in [0.4, 0.5) is 5.00 Å². The van der Waals surface area contributed by atoms with Crippen LogP contribution in [0.5, 0.6) is 5.75 Å². The molecule has 178 valence electrons. The molecule has 1 amide bonds. The summed E-state index contributed by atoms with van der Waals surface area (Å²) in [7, 11) is 0. The lowest BCUT2D eigenvalue weighted by molar-refractivity contribution is -0.113. The lowest BCUT2D eigenvalue weighted by atomic mass is 10.1. The van der Waals surface area contributed by atoms with E-state index in [4.69, 9.17) is 4.74 Å². The van der Waals surface area contributed by atoms with Crippen molar-refractivity contribution in [2.45, 2.75) is 64.8 Å². The van der Waals surface area contributed by atoms with Crippen molar-refractivity contribution in [3.63, 3.8) is 0 Å². The van der Waals surface area contributed by atoms with Crippen LogP contribution in [0.3, 0.4) is 0 Å². The highest BCUT2D eigenvalue weighted by Gasteiger charge is 2.23. The summed E-state index contributed by atoms with van der Waals surface area (Å²) in [6.45, 7) is 7.44. The maximum atomic E-state index is 12.7. The topological polar surface area (TPSA) is 92.8 Å². The molecule has 0 unspecified atom stereocenters. The van der Waals surface area contributed by atoms with Crippen LogP contribution >= 0.6 is 23.1 Å². The molecule has 0 saturated carbocycles. The van der Waals surface area contributed by atoms with E-state index in [-0.39, 0.29) is 11.7 Å². The smallest absolute Gasteiger partial charge is 0.235 e. The minimum atomic E-state index is -0.144. The van der Waals surface area contributed by atoms with Gasteiger partial charge in [-0.15, -0.1) is 21.5 Å². The second kappa shape index (κ2) is 11.1. The summed E-state index contributed by atoms with van der Waals surface area (Å²) in [6.07, 6.45) is 3.99. The van der Waals surface area contributed by atoms with Gasteiger partial charge in [0.15, 0.2) is 11.0 Å². The minimum Gasteiger partial charge on any atom is -0.486 e. The number of carbonyl (C=O) groups excluding carboxylic acids is 1. The molecule has 0 atom stereocenters. The van der Waals surface area contributed by atoms with E-state index in [1.807, 2.05) is 16.7 Å². The number of aromatic nitrogens is 3. The molecular weight excluding hydrogens is 466 g/mol. The highest BCUT2D eigenvalue weighted by Crippen LogP contribution is 2.38. The number of aryl methyl sites for hydroxylation is 2. The van der Waals surface area contributed by atoms with Crippen LogP contribution < -0.4 is 10.1 Å². The van der Waals surface area contributed by atoms with E-state index >= 15 is 0 Å². The fourth-order valence-corrected chi connectivity index (χ4v) is 5.98. The summed E-state index contributed by atoms with van der Waals surface area (Å²) in [6, 6.07) is 10.3. The van der Waals surface area contributed by atoms with E-state index in [1.54, 1.807) is 0 Å². The Morgan fingerprint density at radius 3 is 2.79 bits per heavy atom. The molecule has 2 aromatic heterocycles. The lowest BCUT2D eigenvalue weighted by Gasteiger charge is -2.13. The first-order chi connectivity index (χ1) is 16.5. The zero-order valence-electron chi connectivity index (χ0n) is 19.8. The molecule has 1 N–H and O–H groups in total. The van der Waals surface area contributed by atoms with E-state index in [2.05, 4.69) is 54.5 Å². The SMILES string of the molecule is CCc1ccc(OCc2nnc(SCC(=O)Nc3sc4c(c3C#N)CCC4)n2CC(C)C)cc1. The standard InChI is InChI=1S/C25H29N5O2S2/c1-4-17-8-10-18(11-9-17)32-14-22-28-29-25(30(22)13-16(2)3)33-15-23(31)27-24-20(12-26)19-6-5-7-21(19)34-24/h8-11,16H,4-7,13-15H2,1-3H3,(H,27,31). The van der Waals surface area contributed by atoms with E-state index in [9.17, 15) is 10.1 Å². The Balaban J connectivity index is 1.39. The quantitative estimate of drug-likeness (QED) is 0.387. The number of rotatable bonds is 10. The van der Waals surface area contributed by atoms with Gasteiger partial charge >= 0.3 is 0 Å². The lowest BCUT2D eigenvalue weighted by Crippen LogP contribution is -2.16. The maximum Gasteiger partial charge on any atom is 0.235 e. The first-order valence-corrected chi connectivity index (χ1v) is 13.4. The minimum absolute atomic E-state index is 0.144. The van der Waals surface area contributed by atoms with Crippen molar-refractivity contribution in [1.82, 2.24) is 14.8 Å². The molecule has 1 aliphatic rings. The predicted octanol–water partition coefficient (Wildman–Crippen LogP) is 5.23. The summed E-state index contributed by atoms with van der Waals surface area (Å²) in [5.41, 5.74) is 3.01. The normalized spacial score (nSPS) is 12.6. The number of fused-ring (bicyclic) bond motifs is 1. The van der Waals surface area contributed by atoms with Crippen LogP contribution in [0.2, 0.25) is 0 Å². The number of carbonyl (C=O) groups is 1. The number of ether oxygens (including phenoxy) is 1. The molecule has 0 spiro atoms. The summed E-state index contributed by atoms with van der Waals surface area (Å²) >= 11 is 2.88. The molecule has 0 saturated heterocycles. The molecule has 0 aliphatic heterocycles. The number of nitriles is 1. The van der Waals surface area contributed by atoms with Gasteiger partial charge in [-0.2, -0.15) is 5.26 Å². The van der Waals surface area contributed by atoms with E-state index in [0.29, 0.717) is 28.2 Å². The zero-order valence-corrected chi connectivity index (χ0v) is 21.4. The first kappa shape index (κ1) is 24.3. The molecule has 34 heavy (non-hydrogen) atoms. The Morgan fingerprint density at radius 1 is 1.29 bits per heavy atom. The molecule has 9 heteroatoms. The third-order valence-electron chi connectivity index (χ3n) is 5.66. The second-order valence-electron chi connectivity index (χ2n) is 8.70. The number of hydrogen-bond acceptors (Lipinski definition) is 7. The van der Waals surface area contributed by atoms with Crippen molar-refractivity contribution in [2.75, 3.05) is 11.1 Å². The number of nitrogens with one attached hydrogen (secondary N) is 1. The van der Waals surface area contributed by atoms with Gasteiger partial charge in [-0.1, -0.05) is 44.7 Å². The third-order valence-corrected chi connectivity index (χ3v) is 7.83. The molecule has 0 radical (unpaired) electrons. The zero-order chi connectivity index (χ0) is 24.1. The number of benzene rings is 1. The number of nitrogens with zero attached hydrogens (tertiary/aromatic N) is 4. The van der Waals surface area contributed by atoms with Crippen molar-refractivity contribution >= 4 is 34.0 Å². The van der Waals surface area contributed by atoms with Gasteiger partial charge in [0.2, 0.25) is 5.91 Å². The Bertz CT molecular complexity index is 1190. The summed E-state index contributed by atoms with van der Waals surface area (Å²) in [5.74, 6) is 1.97. The van der Waals surface area contributed by atoms with Crippen molar-refractivity contribution < 1.29 is 9.53 Å². The van der Waals surface area contributed by atoms with E-state index in [0.717, 1.165) is 49.4 Å². The number of thioether (sulfide) groups is 1. The molecule has 4 rings (SSSR count). The van der Waals surface area contributed by atoms with Gasteiger partial charge in [0.25, 0.3) is 0 Å². The predicted molar refractivity (Wildman–Crippen MR) is 135 cm³/mol. The molecular formula is C25H29N5O2S2. The largest absolute Gasteiger partial charge is 0.486 e. The molecule has 0 bridgehead atoms. The first-order valence-electron chi connectivity index (χ1n) is 11.6. The van der Waals surface area contributed by atoms with Gasteiger partial charge in [-0.3, -0.25) is 4.79 Å². The molecule has 3 aromatic rings. The molecule has 0 fully saturated rings. The van der Waals surface area contributed by atoms with Crippen LogP contribution in [0.1, 0.15) is 54.6 Å². The van der Waals surface area contributed by atoms with Gasteiger partial charge in [0.1, 0.15) is 23.4 Å². The molecule has 7 nitrogen and oxygen atoms in total. The van der Waals surface area contributed by atoms with Crippen molar-refractivity contribution in [2.24, 2.45) is 5.92 Å². The Morgan fingerprint density at radius 2 is 2.09 bits per heavy atom. The van der Waals surface area contributed by atoms with Gasteiger partial charge < -0.3 is 14.6 Å². The monoisotopic (exact) mass is 495 g/mol.